The summed E-state index contributed by atoms with van der Waals surface area (Å²) in [5.41, 5.74) is 2.05. The van der Waals surface area contributed by atoms with Crippen LogP contribution in [0.4, 0.5) is 0 Å². The van der Waals surface area contributed by atoms with E-state index in [1.165, 1.54) is 6.42 Å². The molecule has 2 aromatic rings. The van der Waals surface area contributed by atoms with E-state index >= 15 is 0 Å². The van der Waals surface area contributed by atoms with Gasteiger partial charge in [0.2, 0.25) is 0 Å². The van der Waals surface area contributed by atoms with Crippen molar-refractivity contribution < 1.29 is 9.47 Å². The molecule has 2 atom stereocenters. The Bertz CT molecular complexity index is 667. The van der Waals surface area contributed by atoms with Crippen molar-refractivity contribution in [3.8, 4) is 0 Å². The Morgan fingerprint density at radius 3 is 2.68 bits per heavy atom. The van der Waals surface area contributed by atoms with Crippen LogP contribution in [0.3, 0.4) is 0 Å². The average Bonchev–Trinajstić information content (AvgIpc) is 3.04. The Hall–Kier alpha value is -1.82. The number of ether oxygens (including phenoxy) is 2. The number of hydrogen-bond acceptors (Lipinski definition) is 5. The zero-order valence-electron chi connectivity index (χ0n) is 14.5. The Morgan fingerprint density at radius 2 is 1.92 bits per heavy atom. The first kappa shape index (κ1) is 16.6. The van der Waals surface area contributed by atoms with Gasteiger partial charge in [0.25, 0.3) is 0 Å². The molecule has 2 fully saturated rings. The van der Waals surface area contributed by atoms with E-state index in [1.807, 2.05) is 36.7 Å². The highest BCUT2D eigenvalue weighted by Gasteiger charge is 2.43. The molecular weight excluding hydrogens is 314 g/mol. The molecule has 0 unspecified atom stereocenters. The molecule has 5 nitrogen and oxygen atoms in total. The predicted octanol–water partition coefficient (Wildman–Crippen LogP) is 2.82. The van der Waals surface area contributed by atoms with Crippen molar-refractivity contribution in [2.75, 3.05) is 19.7 Å². The normalized spacial score (nSPS) is 27.0. The first-order chi connectivity index (χ1) is 12.3. The lowest BCUT2D eigenvalue weighted by atomic mass is 9.89. The molecule has 2 aliphatic rings. The third-order valence-corrected chi connectivity index (χ3v) is 5.10. The molecule has 1 spiro atoms. The van der Waals surface area contributed by atoms with Crippen LogP contribution in [0.15, 0.2) is 48.8 Å². The molecule has 5 heteroatoms. The number of likely N-dealkylation sites (tertiary alicyclic amines) is 1. The summed E-state index contributed by atoms with van der Waals surface area (Å²) in [6.07, 6.45) is 7.09. The van der Waals surface area contributed by atoms with Gasteiger partial charge < -0.3 is 9.47 Å². The van der Waals surface area contributed by atoms with Gasteiger partial charge in [0.15, 0.2) is 0 Å². The first-order valence-corrected chi connectivity index (χ1v) is 9.09. The van der Waals surface area contributed by atoms with Gasteiger partial charge in [0, 0.05) is 31.9 Å². The molecular formula is C20H25N3O2. The number of rotatable bonds is 5. The Kier molecular flexibility index (Phi) is 5.06. The third kappa shape index (κ3) is 4.24. The van der Waals surface area contributed by atoms with Crippen LogP contribution < -0.4 is 0 Å². The number of aromatic nitrogens is 2. The highest BCUT2D eigenvalue weighted by atomic mass is 16.6. The van der Waals surface area contributed by atoms with Gasteiger partial charge in [-0.25, -0.2) is 0 Å². The fourth-order valence-electron chi connectivity index (χ4n) is 3.93. The molecule has 0 N–H and O–H groups in total. The van der Waals surface area contributed by atoms with Crippen molar-refractivity contribution in [2.24, 2.45) is 0 Å². The summed E-state index contributed by atoms with van der Waals surface area (Å²) < 4.78 is 12.3. The molecule has 0 radical (unpaired) electrons. The zero-order valence-corrected chi connectivity index (χ0v) is 14.5. The zero-order chi connectivity index (χ0) is 17.0. The molecule has 0 amide bonds. The lowest BCUT2D eigenvalue weighted by molar-refractivity contribution is -0.0550. The highest BCUT2D eigenvalue weighted by Crippen LogP contribution is 2.36. The number of hydrogen-bond donors (Lipinski definition) is 0. The van der Waals surface area contributed by atoms with Crippen LogP contribution in [0.5, 0.6) is 0 Å². The molecule has 2 aromatic heterocycles. The minimum atomic E-state index is -0.0538. The van der Waals surface area contributed by atoms with Crippen LogP contribution in [0.25, 0.3) is 0 Å². The van der Waals surface area contributed by atoms with E-state index in [2.05, 4.69) is 27.0 Å². The largest absolute Gasteiger partial charge is 0.371 e. The Balaban J connectivity index is 1.31. The Morgan fingerprint density at radius 1 is 1.12 bits per heavy atom. The van der Waals surface area contributed by atoms with Crippen LogP contribution in [-0.4, -0.2) is 46.3 Å². The molecule has 25 heavy (non-hydrogen) atoms. The van der Waals surface area contributed by atoms with Crippen molar-refractivity contribution in [1.29, 1.82) is 0 Å². The SMILES string of the molecule is c1ccc(CO[C@H]2CO[C@@]3(CCCN(Cc4ccccn4)C3)C2)nc1. The predicted molar refractivity (Wildman–Crippen MR) is 94.9 cm³/mol. The molecule has 0 aliphatic carbocycles. The summed E-state index contributed by atoms with van der Waals surface area (Å²) in [5, 5.41) is 0. The fraction of sp³-hybridized carbons (Fsp3) is 0.500. The van der Waals surface area contributed by atoms with E-state index < -0.39 is 0 Å². The van der Waals surface area contributed by atoms with Gasteiger partial charge in [-0.15, -0.1) is 0 Å². The van der Waals surface area contributed by atoms with Crippen LogP contribution in [0.2, 0.25) is 0 Å². The quantitative estimate of drug-likeness (QED) is 0.838. The summed E-state index contributed by atoms with van der Waals surface area (Å²) in [6.45, 7) is 4.21. The van der Waals surface area contributed by atoms with E-state index in [4.69, 9.17) is 9.47 Å². The minimum absolute atomic E-state index is 0.0538. The minimum Gasteiger partial charge on any atom is -0.371 e. The van der Waals surface area contributed by atoms with Crippen LogP contribution in [0, 0.1) is 0 Å². The number of nitrogens with zero attached hydrogens (tertiary/aromatic N) is 3. The van der Waals surface area contributed by atoms with Crippen molar-refractivity contribution in [2.45, 2.75) is 44.1 Å². The molecule has 4 rings (SSSR count). The van der Waals surface area contributed by atoms with Gasteiger partial charge >= 0.3 is 0 Å². The molecule has 2 aliphatic heterocycles. The van der Waals surface area contributed by atoms with Gasteiger partial charge in [-0.3, -0.25) is 14.9 Å². The van der Waals surface area contributed by atoms with Crippen LogP contribution in [0.1, 0.15) is 30.7 Å². The average molecular weight is 339 g/mol. The van der Waals surface area contributed by atoms with Crippen LogP contribution >= 0.6 is 0 Å². The van der Waals surface area contributed by atoms with Crippen molar-refractivity contribution >= 4 is 0 Å². The van der Waals surface area contributed by atoms with E-state index in [1.54, 1.807) is 0 Å². The Labute approximate surface area is 149 Å². The summed E-state index contributed by atoms with van der Waals surface area (Å²) in [6, 6.07) is 12.0. The van der Waals surface area contributed by atoms with Gasteiger partial charge in [0.05, 0.1) is 36.3 Å². The van der Waals surface area contributed by atoms with Gasteiger partial charge in [0.1, 0.15) is 0 Å². The molecule has 0 aromatic carbocycles. The summed E-state index contributed by atoms with van der Waals surface area (Å²) in [4.78, 5) is 11.2. The highest BCUT2D eigenvalue weighted by molar-refractivity contribution is 5.05. The topological polar surface area (TPSA) is 47.5 Å². The summed E-state index contributed by atoms with van der Waals surface area (Å²) >= 11 is 0. The fourth-order valence-corrected chi connectivity index (χ4v) is 3.93. The molecule has 4 heterocycles. The smallest absolute Gasteiger partial charge is 0.0892 e. The first-order valence-electron chi connectivity index (χ1n) is 9.09. The molecule has 0 saturated carbocycles. The van der Waals surface area contributed by atoms with Gasteiger partial charge in [-0.05, 0) is 43.7 Å². The standard InChI is InChI=1S/C20H25N3O2/c1-3-9-21-17(6-1)13-23-11-5-8-20(16-23)12-19(15-25-20)24-14-18-7-2-4-10-22-18/h1-4,6-7,9-10,19H,5,8,11-16H2/t19-,20+/m1/s1. The van der Waals surface area contributed by atoms with Crippen molar-refractivity contribution in [3.63, 3.8) is 0 Å². The van der Waals surface area contributed by atoms with E-state index in [0.717, 1.165) is 43.9 Å². The monoisotopic (exact) mass is 339 g/mol. The summed E-state index contributed by atoms with van der Waals surface area (Å²) in [5.74, 6) is 0. The number of pyridine rings is 2. The lowest BCUT2D eigenvalue weighted by Crippen LogP contribution is -2.47. The van der Waals surface area contributed by atoms with Crippen molar-refractivity contribution in [3.05, 3.63) is 60.2 Å². The van der Waals surface area contributed by atoms with Crippen LogP contribution in [-0.2, 0) is 22.6 Å². The van der Waals surface area contributed by atoms with E-state index in [9.17, 15) is 0 Å². The maximum absolute atomic E-state index is 6.24. The van der Waals surface area contributed by atoms with E-state index in [0.29, 0.717) is 13.2 Å². The third-order valence-electron chi connectivity index (χ3n) is 5.10. The maximum atomic E-state index is 6.24. The summed E-state index contributed by atoms with van der Waals surface area (Å²) in [7, 11) is 0. The second-order valence-corrected chi connectivity index (χ2v) is 7.09. The second-order valence-electron chi connectivity index (χ2n) is 7.09. The van der Waals surface area contributed by atoms with Gasteiger partial charge in [-0.1, -0.05) is 12.1 Å². The lowest BCUT2D eigenvalue weighted by Gasteiger charge is -2.39. The van der Waals surface area contributed by atoms with E-state index in [-0.39, 0.29) is 11.7 Å². The maximum Gasteiger partial charge on any atom is 0.0892 e. The molecule has 132 valence electrons. The molecule has 0 bridgehead atoms. The number of piperidine rings is 1. The molecule has 2 saturated heterocycles. The second kappa shape index (κ2) is 7.60. The van der Waals surface area contributed by atoms with Gasteiger partial charge in [-0.2, -0.15) is 0 Å². The van der Waals surface area contributed by atoms with Crippen molar-refractivity contribution in [1.82, 2.24) is 14.9 Å².